The molecule has 1 N–H and O–H groups in total. The molecule has 3 rings (SSSR count). The summed E-state index contributed by atoms with van der Waals surface area (Å²) in [4.78, 5) is 3.98. The molecule has 0 radical (unpaired) electrons. The molecule has 1 saturated carbocycles. The lowest BCUT2D eigenvalue weighted by atomic mass is 9.84. The van der Waals surface area contributed by atoms with Crippen molar-refractivity contribution in [1.82, 2.24) is 5.32 Å². The van der Waals surface area contributed by atoms with E-state index < -0.39 is 34.3 Å². The molecular weight excluding hydrogens is 316 g/mol. The van der Waals surface area contributed by atoms with Gasteiger partial charge in [-0.3, -0.25) is 4.99 Å². The largest absolute Gasteiger partial charge is 0.355 e. The smallest absolute Gasteiger partial charge is 0.254 e. The number of aliphatic imine (C=N–C) groups is 1. The molecule has 0 aromatic heterocycles. The highest BCUT2D eigenvalue weighted by Gasteiger charge is 2.77. The first-order valence-corrected chi connectivity index (χ1v) is 7.77. The van der Waals surface area contributed by atoms with Crippen LogP contribution in [-0.2, 0) is 5.54 Å². The fraction of sp³-hybridized carbons (Fsp3) is 0.533. The van der Waals surface area contributed by atoms with Gasteiger partial charge in [-0.05, 0) is 18.9 Å². The molecule has 22 heavy (non-hydrogen) atoms. The predicted octanol–water partition coefficient (Wildman–Crippen LogP) is 3.77. The summed E-state index contributed by atoms with van der Waals surface area (Å²) in [5, 5.41) is 3.36. The molecule has 2 aliphatic rings. The zero-order chi connectivity index (χ0) is 16.3. The van der Waals surface area contributed by atoms with Crippen LogP contribution in [0.15, 0.2) is 23.2 Å². The van der Waals surface area contributed by atoms with E-state index in [9.17, 15) is 17.6 Å². The summed E-state index contributed by atoms with van der Waals surface area (Å²) in [6, 6.07) is 3.85. The number of halogens is 4. The van der Waals surface area contributed by atoms with Crippen LogP contribution in [0.5, 0.6) is 0 Å². The molecule has 4 atom stereocenters. The van der Waals surface area contributed by atoms with Gasteiger partial charge < -0.3 is 5.32 Å². The second-order valence-corrected chi connectivity index (χ2v) is 7.28. The average Bonchev–Trinajstić information content (AvgIpc) is 3.09. The van der Waals surface area contributed by atoms with Crippen LogP contribution in [0.2, 0.25) is 0 Å². The topological polar surface area (TPSA) is 24.4 Å². The van der Waals surface area contributed by atoms with Gasteiger partial charge in [0.25, 0.3) is 6.43 Å². The molecule has 0 unspecified atom stereocenters. The molecule has 1 heterocycles. The van der Waals surface area contributed by atoms with E-state index in [0.717, 1.165) is 17.8 Å². The number of nitrogens with one attached hydrogen (secondary N) is 1. The fourth-order valence-corrected chi connectivity index (χ4v) is 5.38. The Kier molecular flexibility index (Phi) is 3.47. The molecular formula is C15H16F4N2S. The van der Waals surface area contributed by atoms with Crippen molar-refractivity contribution < 1.29 is 17.6 Å². The molecule has 0 amide bonds. The number of rotatable bonds is 2. The molecule has 0 bridgehead atoms. The third kappa shape index (κ3) is 1.84. The van der Waals surface area contributed by atoms with Gasteiger partial charge in [0.15, 0.2) is 16.8 Å². The van der Waals surface area contributed by atoms with Crippen LogP contribution >= 0.6 is 11.8 Å². The predicted molar refractivity (Wildman–Crippen MR) is 79.2 cm³/mol. The highest BCUT2D eigenvalue weighted by molar-refractivity contribution is 8.15. The van der Waals surface area contributed by atoms with Gasteiger partial charge in [0.1, 0.15) is 0 Å². The third-order valence-electron chi connectivity index (χ3n) is 4.91. The molecule has 2 fully saturated rings. The van der Waals surface area contributed by atoms with Crippen molar-refractivity contribution in [2.45, 2.75) is 30.6 Å². The first-order valence-electron chi connectivity index (χ1n) is 6.95. The van der Waals surface area contributed by atoms with Crippen LogP contribution in [-0.4, -0.2) is 23.4 Å². The number of fused-ring (bicyclic) bond motifs is 1. The van der Waals surface area contributed by atoms with E-state index >= 15 is 0 Å². The van der Waals surface area contributed by atoms with Crippen molar-refractivity contribution >= 4 is 16.9 Å². The van der Waals surface area contributed by atoms with Crippen LogP contribution in [0.25, 0.3) is 0 Å². The summed E-state index contributed by atoms with van der Waals surface area (Å²) < 4.78 is 53.9. The average molecular weight is 332 g/mol. The van der Waals surface area contributed by atoms with Gasteiger partial charge >= 0.3 is 0 Å². The maximum atomic E-state index is 14.3. The second kappa shape index (κ2) is 4.88. The van der Waals surface area contributed by atoms with E-state index in [0.29, 0.717) is 5.17 Å². The molecule has 120 valence electrons. The standard InChI is InChI=1S/C15H16F4N2S/c1-7-11-14(2,8-5-4-6-9(16)10(8)17)21-13(20-3)22-15(7,11)12(18)19/h4-7,11-12H,1-3H3,(H,20,21)/t7-,11-,14+,15-/m0/s1. The Morgan fingerprint density at radius 2 is 2.00 bits per heavy atom. The van der Waals surface area contributed by atoms with E-state index in [1.54, 1.807) is 13.8 Å². The molecule has 1 aliphatic heterocycles. The number of hydrogen-bond acceptors (Lipinski definition) is 2. The van der Waals surface area contributed by atoms with Crippen molar-refractivity contribution in [3.8, 4) is 0 Å². The molecule has 1 aliphatic carbocycles. The Morgan fingerprint density at radius 3 is 2.59 bits per heavy atom. The quantitative estimate of drug-likeness (QED) is 0.834. The Morgan fingerprint density at radius 1 is 1.32 bits per heavy atom. The SMILES string of the molecule is CN=C1N[C@](C)(c2cccc(F)c2F)[C@@H]2[C@H](C)[C@]2(C(F)F)S1. The highest BCUT2D eigenvalue weighted by Crippen LogP contribution is 2.71. The van der Waals surface area contributed by atoms with Crippen LogP contribution in [0.1, 0.15) is 19.4 Å². The van der Waals surface area contributed by atoms with Gasteiger partial charge in [-0.25, -0.2) is 17.6 Å². The lowest BCUT2D eigenvalue weighted by Gasteiger charge is -2.39. The number of thioether (sulfide) groups is 1. The van der Waals surface area contributed by atoms with Gasteiger partial charge in [-0.15, -0.1) is 0 Å². The van der Waals surface area contributed by atoms with Crippen molar-refractivity contribution in [1.29, 1.82) is 0 Å². The van der Waals surface area contributed by atoms with Crippen molar-refractivity contribution in [2.75, 3.05) is 7.05 Å². The minimum absolute atomic E-state index is 0.0633. The van der Waals surface area contributed by atoms with E-state index in [1.807, 2.05) is 0 Å². The normalized spacial score (nSPS) is 38.8. The highest BCUT2D eigenvalue weighted by atomic mass is 32.2. The maximum Gasteiger partial charge on any atom is 0.254 e. The summed E-state index contributed by atoms with van der Waals surface area (Å²) in [5.74, 6) is -2.82. The number of hydrogen-bond donors (Lipinski definition) is 1. The Bertz CT molecular complexity index is 650. The maximum absolute atomic E-state index is 14.3. The lowest BCUT2D eigenvalue weighted by Crippen LogP contribution is -2.52. The van der Waals surface area contributed by atoms with E-state index in [4.69, 9.17) is 0 Å². The molecule has 1 saturated heterocycles. The molecule has 0 spiro atoms. The van der Waals surface area contributed by atoms with Gasteiger partial charge in [0.05, 0.1) is 10.3 Å². The van der Waals surface area contributed by atoms with Crippen LogP contribution in [0.3, 0.4) is 0 Å². The van der Waals surface area contributed by atoms with Gasteiger partial charge in [-0.2, -0.15) is 0 Å². The second-order valence-electron chi connectivity index (χ2n) is 5.98. The number of alkyl halides is 2. The minimum Gasteiger partial charge on any atom is -0.355 e. The summed E-state index contributed by atoms with van der Waals surface area (Å²) in [6.45, 7) is 3.36. The molecule has 7 heteroatoms. The number of nitrogens with zero attached hydrogens (tertiary/aromatic N) is 1. The minimum atomic E-state index is -2.56. The Labute approximate surface area is 130 Å². The third-order valence-corrected chi connectivity index (χ3v) is 6.54. The van der Waals surface area contributed by atoms with E-state index in [1.165, 1.54) is 19.2 Å². The summed E-state index contributed by atoms with van der Waals surface area (Å²) >= 11 is 1.00. The fourth-order valence-electron chi connectivity index (χ4n) is 3.78. The van der Waals surface area contributed by atoms with E-state index in [-0.39, 0.29) is 11.5 Å². The number of amidine groups is 1. The van der Waals surface area contributed by atoms with Crippen molar-refractivity contribution in [3.63, 3.8) is 0 Å². The van der Waals surface area contributed by atoms with Crippen molar-refractivity contribution in [3.05, 3.63) is 35.4 Å². The van der Waals surface area contributed by atoms with Crippen LogP contribution < -0.4 is 5.32 Å². The monoisotopic (exact) mass is 332 g/mol. The van der Waals surface area contributed by atoms with Crippen LogP contribution in [0.4, 0.5) is 17.6 Å². The Hall–Kier alpha value is -1.24. The zero-order valence-corrected chi connectivity index (χ0v) is 13.1. The van der Waals surface area contributed by atoms with Gasteiger partial charge in [0, 0.05) is 18.5 Å². The molecule has 2 nitrogen and oxygen atoms in total. The first kappa shape index (κ1) is 15.6. The summed E-state index contributed by atoms with van der Waals surface area (Å²) in [5.41, 5.74) is -1.06. The summed E-state index contributed by atoms with van der Waals surface area (Å²) in [7, 11) is 1.49. The molecule has 1 aromatic carbocycles. The lowest BCUT2D eigenvalue weighted by molar-refractivity contribution is 0.119. The Balaban J connectivity index is 2.15. The summed E-state index contributed by atoms with van der Waals surface area (Å²) in [6.07, 6.45) is -2.56. The van der Waals surface area contributed by atoms with Crippen LogP contribution in [0, 0.1) is 23.5 Å². The zero-order valence-electron chi connectivity index (χ0n) is 12.3. The van der Waals surface area contributed by atoms with Crippen molar-refractivity contribution in [2.24, 2.45) is 16.8 Å². The van der Waals surface area contributed by atoms with E-state index in [2.05, 4.69) is 10.3 Å². The molecule has 1 aromatic rings. The first-order chi connectivity index (χ1) is 10.3. The van der Waals surface area contributed by atoms with Gasteiger partial charge in [-0.1, -0.05) is 30.8 Å². The van der Waals surface area contributed by atoms with Gasteiger partial charge in [0.2, 0.25) is 0 Å². The number of benzene rings is 1.